The van der Waals surface area contributed by atoms with Gasteiger partial charge in [-0.2, -0.15) is 0 Å². The van der Waals surface area contributed by atoms with Gasteiger partial charge in [0.2, 0.25) is 0 Å². The summed E-state index contributed by atoms with van der Waals surface area (Å²) < 4.78 is 11.8. The van der Waals surface area contributed by atoms with E-state index < -0.39 is 12.0 Å². The van der Waals surface area contributed by atoms with E-state index in [2.05, 4.69) is 9.72 Å². The van der Waals surface area contributed by atoms with Crippen LogP contribution < -0.4 is 10.5 Å². The molecule has 2 rings (SSSR count). The number of para-hydroxylation sites is 1. The third kappa shape index (κ3) is 5.74. The molecule has 0 aliphatic heterocycles. The minimum absolute atomic E-state index is 0. The predicted molar refractivity (Wildman–Crippen MR) is 92.5 cm³/mol. The van der Waals surface area contributed by atoms with Crippen LogP contribution in [0, 0.1) is 0 Å². The second-order valence-electron chi connectivity index (χ2n) is 4.68. The van der Waals surface area contributed by atoms with E-state index in [0.29, 0.717) is 13.0 Å². The Balaban J connectivity index is 0.00000242. The molecule has 8 heteroatoms. The third-order valence-electron chi connectivity index (χ3n) is 3.17. The van der Waals surface area contributed by atoms with Crippen LogP contribution in [0.15, 0.2) is 36.8 Å². The molecule has 2 N–H and O–H groups in total. The van der Waals surface area contributed by atoms with Crippen molar-refractivity contribution in [2.75, 3.05) is 14.2 Å². The summed E-state index contributed by atoms with van der Waals surface area (Å²) in [6.45, 7) is 0.643. The van der Waals surface area contributed by atoms with Crippen molar-refractivity contribution in [3.63, 3.8) is 0 Å². The molecule has 1 heterocycles. The molecule has 1 atom stereocenters. The minimum Gasteiger partial charge on any atom is -0.496 e. The van der Waals surface area contributed by atoms with Gasteiger partial charge in [0.1, 0.15) is 11.8 Å². The highest BCUT2D eigenvalue weighted by atomic mass is 35.5. The fourth-order valence-electron chi connectivity index (χ4n) is 2.09. The van der Waals surface area contributed by atoms with E-state index in [1.54, 1.807) is 13.4 Å². The Labute approximate surface area is 147 Å². The second-order valence-corrected chi connectivity index (χ2v) is 4.68. The molecule has 6 nitrogen and oxygen atoms in total. The molecule has 0 saturated heterocycles. The van der Waals surface area contributed by atoms with Gasteiger partial charge in [-0.05, 0) is 6.07 Å². The minimum atomic E-state index is -0.690. The summed E-state index contributed by atoms with van der Waals surface area (Å²) in [4.78, 5) is 15.6. The fourth-order valence-corrected chi connectivity index (χ4v) is 2.09. The summed E-state index contributed by atoms with van der Waals surface area (Å²) in [7, 11) is 2.97. The zero-order chi connectivity index (χ0) is 15.2. The molecule has 0 fully saturated rings. The number of aromatic nitrogens is 2. The average molecular weight is 362 g/mol. The Kier molecular flexibility index (Phi) is 9.32. The van der Waals surface area contributed by atoms with E-state index in [1.807, 2.05) is 35.0 Å². The van der Waals surface area contributed by atoms with E-state index in [-0.39, 0.29) is 24.8 Å². The van der Waals surface area contributed by atoms with E-state index in [4.69, 9.17) is 10.5 Å². The molecule has 1 aromatic carbocycles. The zero-order valence-electron chi connectivity index (χ0n) is 13.0. The van der Waals surface area contributed by atoms with Gasteiger partial charge in [-0.15, -0.1) is 24.8 Å². The maximum Gasteiger partial charge on any atom is 0.323 e. The van der Waals surface area contributed by atoms with E-state index in [1.165, 1.54) is 7.11 Å². The molecule has 0 spiro atoms. The number of methoxy groups -OCH3 is 2. The molecular formula is C15H21Cl2N3O3. The molecule has 0 saturated carbocycles. The number of benzene rings is 1. The van der Waals surface area contributed by atoms with Crippen molar-refractivity contribution in [2.45, 2.75) is 19.0 Å². The maximum atomic E-state index is 11.3. The first kappa shape index (κ1) is 21.2. The smallest absolute Gasteiger partial charge is 0.323 e. The van der Waals surface area contributed by atoms with Crippen LogP contribution in [-0.4, -0.2) is 35.8 Å². The highest BCUT2D eigenvalue weighted by molar-refractivity contribution is 5.85. The van der Waals surface area contributed by atoms with Crippen molar-refractivity contribution < 1.29 is 14.3 Å². The molecule has 0 amide bonds. The molecule has 0 aliphatic carbocycles. The maximum absolute atomic E-state index is 11.3. The van der Waals surface area contributed by atoms with Crippen molar-refractivity contribution in [3.8, 4) is 5.75 Å². The van der Waals surface area contributed by atoms with Gasteiger partial charge in [-0.3, -0.25) is 4.79 Å². The number of hydrogen-bond donors (Lipinski definition) is 1. The van der Waals surface area contributed by atoms with Gasteiger partial charge in [0.25, 0.3) is 0 Å². The van der Waals surface area contributed by atoms with Crippen molar-refractivity contribution in [1.82, 2.24) is 9.55 Å². The zero-order valence-corrected chi connectivity index (χ0v) is 14.6. The Morgan fingerprint density at radius 3 is 2.65 bits per heavy atom. The number of ether oxygens (including phenoxy) is 2. The highest BCUT2D eigenvalue weighted by Gasteiger charge is 2.15. The van der Waals surface area contributed by atoms with Crippen molar-refractivity contribution in [1.29, 1.82) is 0 Å². The molecular weight excluding hydrogens is 341 g/mol. The van der Waals surface area contributed by atoms with Crippen LogP contribution in [-0.2, 0) is 22.5 Å². The summed E-state index contributed by atoms with van der Waals surface area (Å²) in [6, 6.07) is 7.11. The normalized spacial score (nSPS) is 10.9. The summed E-state index contributed by atoms with van der Waals surface area (Å²) in [5.41, 5.74) is 7.53. The number of halogens is 2. The van der Waals surface area contributed by atoms with Crippen LogP contribution in [0.5, 0.6) is 5.75 Å². The lowest BCUT2D eigenvalue weighted by molar-refractivity contribution is -0.142. The predicted octanol–water partition coefficient (Wildman–Crippen LogP) is 1.83. The summed E-state index contributed by atoms with van der Waals surface area (Å²) >= 11 is 0. The van der Waals surface area contributed by atoms with Crippen molar-refractivity contribution >= 4 is 30.8 Å². The first-order valence-electron chi connectivity index (χ1n) is 6.60. The van der Waals surface area contributed by atoms with Crippen LogP contribution in [0.2, 0.25) is 0 Å². The first-order valence-corrected chi connectivity index (χ1v) is 6.60. The SMILES string of the molecule is COC(=O)C(N)Cc1cn(Cc2ccccc2OC)cn1.Cl.Cl. The molecule has 2 aromatic rings. The molecule has 0 aliphatic rings. The van der Waals surface area contributed by atoms with Gasteiger partial charge in [-0.25, -0.2) is 4.98 Å². The van der Waals surface area contributed by atoms with E-state index in [0.717, 1.165) is 17.0 Å². The number of nitrogens with zero attached hydrogens (tertiary/aromatic N) is 2. The topological polar surface area (TPSA) is 79.4 Å². The first-order chi connectivity index (χ1) is 10.1. The van der Waals surface area contributed by atoms with Crippen LogP contribution in [0.3, 0.4) is 0 Å². The van der Waals surface area contributed by atoms with Gasteiger partial charge in [-0.1, -0.05) is 18.2 Å². The van der Waals surface area contributed by atoms with E-state index >= 15 is 0 Å². The van der Waals surface area contributed by atoms with Crippen LogP contribution in [0.1, 0.15) is 11.3 Å². The van der Waals surface area contributed by atoms with E-state index in [9.17, 15) is 4.79 Å². The monoisotopic (exact) mass is 361 g/mol. The van der Waals surface area contributed by atoms with Crippen molar-refractivity contribution in [2.24, 2.45) is 5.73 Å². The average Bonchev–Trinajstić information content (AvgIpc) is 2.94. The Morgan fingerprint density at radius 2 is 2.00 bits per heavy atom. The number of esters is 1. The van der Waals surface area contributed by atoms with Crippen LogP contribution >= 0.6 is 24.8 Å². The van der Waals surface area contributed by atoms with Gasteiger partial charge in [0.05, 0.1) is 32.8 Å². The summed E-state index contributed by atoms with van der Waals surface area (Å²) in [5, 5.41) is 0. The summed E-state index contributed by atoms with van der Waals surface area (Å²) in [6.07, 6.45) is 3.94. The second kappa shape index (κ2) is 10.1. The number of carbonyl (C=O) groups is 1. The Bertz CT molecular complexity index is 620. The van der Waals surface area contributed by atoms with Gasteiger partial charge in [0, 0.05) is 18.2 Å². The lowest BCUT2D eigenvalue weighted by Crippen LogP contribution is -2.33. The molecule has 128 valence electrons. The third-order valence-corrected chi connectivity index (χ3v) is 3.17. The van der Waals surface area contributed by atoms with Gasteiger partial charge in [0.15, 0.2) is 0 Å². The number of rotatable bonds is 6. The molecule has 0 radical (unpaired) electrons. The quantitative estimate of drug-likeness (QED) is 0.793. The van der Waals surface area contributed by atoms with Crippen LogP contribution in [0.4, 0.5) is 0 Å². The lowest BCUT2D eigenvalue weighted by Gasteiger charge is -2.08. The number of carbonyl (C=O) groups excluding carboxylic acids is 1. The number of nitrogens with two attached hydrogens (primary N) is 1. The Morgan fingerprint density at radius 1 is 1.30 bits per heavy atom. The molecule has 1 aromatic heterocycles. The number of hydrogen-bond acceptors (Lipinski definition) is 5. The molecule has 1 unspecified atom stereocenters. The van der Waals surface area contributed by atoms with Gasteiger partial charge >= 0.3 is 5.97 Å². The largest absolute Gasteiger partial charge is 0.496 e. The van der Waals surface area contributed by atoms with Crippen LogP contribution in [0.25, 0.3) is 0 Å². The lowest BCUT2D eigenvalue weighted by atomic mass is 10.2. The fraction of sp³-hybridized carbons (Fsp3) is 0.333. The summed E-state index contributed by atoms with van der Waals surface area (Å²) in [5.74, 6) is 0.397. The van der Waals surface area contributed by atoms with Crippen molar-refractivity contribution in [3.05, 3.63) is 48.0 Å². The molecule has 23 heavy (non-hydrogen) atoms. The molecule has 0 bridgehead atoms. The number of imidazole rings is 1. The van der Waals surface area contributed by atoms with Gasteiger partial charge < -0.3 is 19.8 Å². The standard InChI is InChI=1S/C15H19N3O3.2ClH/c1-20-14-6-4-3-5-11(14)8-18-9-12(17-10-18)7-13(16)15(19)21-2;;/h3-6,9-10,13H,7-8,16H2,1-2H3;2*1H. The highest BCUT2D eigenvalue weighted by Crippen LogP contribution is 2.18. The Hall–Kier alpha value is -1.76.